The Morgan fingerprint density at radius 2 is 1.95 bits per heavy atom. The quantitative estimate of drug-likeness (QED) is 0.880. The average Bonchev–Trinajstić information content (AvgIpc) is 2.36. The van der Waals surface area contributed by atoms with Crippen LogP contribution < -0.4 is 5.32 Å². The van der Waals surface area contributed by atoms with E-state index in [9.17, 15) is 18.0 Å². The fourth-order valence-corrected chi connectivity index (χ4v) is 2.20. The Bertz CT molecular complexity index is 592. The SMILES string of the molecule is CCC(=O)C(C)NC(=O)c1cccc(S(C)(=O)=O)c1. The van der Waals surface area contributed by atoms with Gasteiger partial charge in [-0.2, -0.15) is 0 Å². The molecule has 0 aliphatic carbocycles. The van der Waals surface area contributed by atoms with E-state index >= 15 is 0 Å². The van der Waals surface area contributed by atoms with Crippen LogP contribution in [0.25, 0.3) is 0 Å². The Balaban J connectivity index is 2.93. The largest absolute Gasteiger partial charge is 0.343 e. The molecule has 1 rings (SSSR count). The summed E-state index contributed by atoms with van der Waals surface area (Å²) in [5.41, 5.74) is 0.221. The molecule has 1 aromatic rings. The number of hydrogen-bond acceptors (Lipinski definition) is 4. The third-order valence-electron chi connectivity index (χ3n) is 2.70. The van der Waals surface area contributed by atoms with Crippen LogP contribution in [0.5, 0.6) is 0 Å². The van der Waals surface area contributed by atoms with Crippen LogP contribution in [0.4, 0.5) is 0 Å². The second kappa shape index (κ2) is 5.97. The third-order valence-corrected chi connectivity index (χ3v) is 3.81. The van der Waals surface area contributed by atoms with Gasteiger partial charge in [0.1, 0.15) is 0 Å². The van der Waals surface area contributed by atoms with Crippen molar-refractivity contribution in [2.45, 2.75) is 31.2 Å². The third kappa shape index (κ3) is 4.17. The molecule has 5 nitrogen and oxygen atoms in total. The maximum absolute atomic E-state index is 11.9. The van der Waals surface area contributed by atoms with Crippen molar-refractivity contribution in [1.82, 2.24) is 5.32 Å². The number of amides is 1. The predicted molar refractivity (Wildman–Crippen MR) is 71.8 cm³/mol. The van der Waals surface area contributed by atoms with Gasteiger partial charge in [-0.25, -0.2) is 8.42 Å². The van der Waals surface area contributed by atoms with Crippen LogP contribution in [0.15, 0.2) is 29.2 Å². The highest BCUT2D eigenvalue weighted by Crippen LogP contribution is 2.11. The van der Waals surface area contributed by atoms with Crippen molar-refractivity contribution in [2.75, 3.05) is 6.26 Å². The van der Waals surface area contributed by atoms with Gasteiger partial charge < -0.3 is 5.32 Å². The molecule has 0 heterocycles. The van der Waals surface area contributed by atoms with E-state index in [1.165, 1.54) is 24.3 Å². The molecule has 19 heavy (non-hydrogen) atoms. The highest BCUT2D eigenvalue weighted by molar-refractivity contribution is 7.90. The molecule has 0 fully saturated rings. The van der Waals surface area contributed by atoms with Crippen molar-refractivity contribution < 1.29 is 18.0 Å². The normalized spacial score (nSPS) is 12.8. The van der Waals surface area contributed by atoms with Gasteiger partial charge in [-0.05, 0) is 25.1 Å². The zero-order valence-electron chi connectivity index (χ0n) is 11.1. The molecule has 104 valence electrons. The molecule has 0 aliphatic heterocycles. The van der Waals surface area contributed by atoms with E-state index in [0.717, 1.165) is 6.26 Å². The van der Waals surface area contributed by atoms with Crippen LogP contribution in [-0.2, 0) is 14.6 Å². The molecule has 0 aliphatic rings. The monoisotopic (exact) mass is 283 g/mol. The molecule has 0 saturated heterocycles. The summed E-state index contributed by atoms with van der Waals surface area (Å²) in [7, 11) is -3.36. The minimum Gasteiger partial charge on any atom is -0.343 e. The number of ketones is 1. The van der Waals surface area contributed by atoms with Crippen molar-refractivity contribution in [2.24, 2.45) is 0 Å². The van der Waals surface area contributed by atoms with Crippen LogP contribution in [0.3, 0.4) is 0 Å². The van der Waals surface area contributed by atoms with Crippen molar-refractivity contribution in [3.8, 4) is 0 Å². The number of Topliss-reactive ketones (excluding diaryl/α,β-unsaturated/α-hetero) is 1. The maximum Gasteiger partial charge on any atom is 0.251 e. The maximum atomic E-state index is 11.9. The summed E-state index contributed by atoms with van der Waals surface area (Å²) in [6, 6.07) is 5.14. The van der Waals surface area contributed by atoms with E-state index in [0.29, 0.717) is 6.42 Å². The van der Waals surface area contributed by atoms with E-state index < -0.39 is 21.8 Å². The average molecular weight is 283 g/mol. The van der Waals surface area contributed by atoms with Gasteiger partial charge in [0.15, 0.2) is 15.6 Å². The number of nitrogens with one attached hydrogen (secondary N) is 1. The summed E-state index contributed by atoms with van der Waals surface area (Å²) in [5.74, 6) is -0.535. The first kappa shape index (κ1) is 15.4. The number of benzene rings is 1. The topological polar surface area (TPSA) is 80.3 Å². The Labute approximate surface area is 112 Å². The lowest BCUT2D eigenvalue weighted by molar-refractivity contribution is -0.120. The van der Waals surface area contributed by atoms with E-state index in [1.54, 1.807) is 13.8 Å². The van der Waals surface area contributed by atoms with Gasteiger partial charge in [-0.15, -0.1) is 0 Å². The molecule has 0 radical (unpaired) electrons. The Hall–Kier alpha value is -1.69. The van der Waals surface area contributed by atoms with Crippen molar-refractivity contribution in [1.29, 1.82) is 0 Å². The molecule has 1 amide bonds. The second-order valence-corrected chi connectivity index (χ2v) is 6.33. The van der Waals surface area contributed by atoms with Crippen molar-refractivity contribution in [3.05, 3.63) is 29.8 Å². The number of carbonyl (C=O) groups is 2. The first-order valence-corrected chi connectivity index (χ1v) is 7.78. The van der Waals surface area contributed by atoms with Gasteiger partial charge in [0.25, 0.3) is 5.91 Å². The standard InChI is InChI=1S/C13H17NO4S/c1-4-12(15)9(2)14-13(16)10-6-5-7-11(8-10)19(3,17)18/h5-9H,4H2,1-3H3,(H,14,16). The fraction of sp³-hybridized carbons (Fsp3) is 0.385. The van der Waals surface area contributed by atoms with Gasteiger partial charge in [-0.1, -0.05) is 13.0 Å². The zero-order valence-corrected chi connectivity index (χ0v) is 12.0. The molecular formula is C13H17NO4S. The number of rotatable bonds is 5. The summed E-state index contributed by atoms with van der Waals surface area (Å²) in [5, 5.41) is 2.54. The summed E-state index contributed by atoms with van der Waals surface area (Å²) >= 11 is 0. The van der Waals surface area contributed by atoms with Crippen LogP contribution >= 0.6 is 0 Å². The van der Waals surface area contributed by atoms with Crippen LogP contribution in [0.2, 0.25) is 0 Å². The molecule has 1 unspecified atom stereocenters. The molecule has 1 atom stereocenters. The molecule has 1 N–H and O–H groups in total. The van der Waals surface area contributed by atoms with Crippen molar-refractivity contribution in [3.63, 3.8) is 0 Å². The number of sulfone groups is 1. The van der Waals surface area contributed by atoms with Gasteiger partial charge in [-0.3, -0.25) is 9.59 Å². The molecule has 0 saturated carbocycles. The lowest BCUT2D eigenvalue weighted by atomic mass is 10.1. The van der Waals surface area contributed by atoms with Gasteiger partial charge in [0, 0.05) is 18.2 Å². The van der Waals surface area contributed by atoms with E-state index in [2.05, 4.69) is 5.32 Å². The van der Waals surface area contributed by atoms with Gasteiger partial charge in [0.2, 0.25) is 0 Å². The molecule has 0 spiro atoms. The van der Waals surface area contributed by atoms with E-state index in [-0.39, 0.29) is 16.2 Å². The van der Waals surface area contributed by atoms with Gasteiger partial charge in [0.05, 0.1) is 10.9 Å². The van der Waals surface area contributed by atoms with Crippen molar-refractivity contribution >= 4 is 21.5 Å². The van der Waals surface area contributed by atoms with E-state index in [4.69, 9.17) is 0 Å². The summed E-state index contributed by atoms with van der Waals surface area (Å²) < 4.78 is 22.8. The first-order chi connectivity index (χ1) is 8.75. The molecular weight excluding hydrogens is 266 g/mol. The van der Waals surface area contributed by atoms with Crippen LogP contribution in [0.1, 0.15) is 30.6 Å². The smallest absolute Gasteiger partial charge is 0.251 e. The van der Waals surface area contributed by atoms with Crippen LogP contribution in [-0.4, -0.2) is 32.4 Å². The Morgan fingerprint density at radius 1 is 1.32 bits per heavy atom. The lowest BCUT2D eigenvalue weighted by Crippen LogP contribution is -2.38. The zero-order chi connectivity index (χ0) is 14.6. The molecule has 1 aromatic carbocycles. The highest BCUT2D eigenvalue weighted by atomic mass is 32.2. The summed E-state index contributed by atoms with van der Waals surface area (Å²) in [6.45, 7) is 3.32. The predicted octanol–water partition coefficient (Wildman–Crippen LogP) is 1.19. The lowest BCUT2D eigenvalue weighted by Gasteiger charge is -2.12. The number of hydrogen-bond donors (Lipinski definition) is 1. The van der Waals surface area contributed by atoms with Gasteiger partial charge >= 0.3 is 0 Å². The second-order valence-electron chi connectivity index (χ2n) is 4.32. The highest BCUT2D eigenvalue weighted by Gasteiger charge is 2.16. The molecule has 6 heteroatoms. The Morgan fingerprint density at radius 3 is 2.47 bits per heavy atom. The van der Waals surface area contributed by atoms with E-state index in [1.807, 2.05) is 0 Å². The summed E-state index contributed by atoms with van der Waals surface area (Å²) in [6.07, 6.45) is 1.41. The molecule has 0 aromatic heterocycles. The summed E-state index contributed by atoms with van der Waals surface area (Å²) in [4.78, 5) is 23.4. The molecule has 0 bridgehead atoms. The minimum absolute atomic E-state index is 0.0763. The minimum atomic E-state index is -3.36. The Kier molecular flexibility index (Phi) is 4.83. The first-order valence-electron chi connectivity index (χ1n) is 5.89. The number of carbonyl (C=O) groups excluding carboxylic acids is 2. The van der Waals surface area contributed by atoms with Crippen LogP contribution in [0, 0.1) is 0 Å². The fourth-order valence-electron chi connectivity index (χ4n) is 1.53.